The number of rotatable bonds is 3. The summed E-state index contributed by atoms with van der Waals surface area (Å²) in [5.74, 6) is 0.700. The van der Waals surface area contributed by atoms with Crippen LogP contribution in [0.3, 0.4) is 0 Å². The third-order valence-corrected chi connectivity index (χ3v) is 5.81. The van der Waals surface area contributed by atoms with E-state index >= 15 is 0 Å². The van der Waals surface area contributed by atoms with Crippen LogP contribution in [-0.4, -0.2) is 36.5 Å². The Bertz CT molecular complexity index is 694. The van der Waals surface area contributed by atoms with Gasteiger partial charge < -0.3 is 16.0 Å². The lowest BCUT2D eigenvalue weighted by molar-refractivity contribution is 0.0928. The largest absolute Gasteiger partial charge is 0.399 e. The highest BCUT2D eigenvalue weighted by atomic mass is 32.1. The summed E-state index contributed by atoms with van der Waals surface area (Å²) in [6.45, 7) is 3.34. The van der Waals surface area contributed by atoms with E-state index in [1.165, 1.54) is 24.3 Å². The lowest BCUT2D eigenvalue weighted by Gasteiger charge is -2.22. The van der Waals surface area contributed by atoms with E-state index in [4.69, 9.17) is 5.73 Å². The van der Waals surface area contributed by atoms with Crippen molar-refractivity contribution in [3.8, 4) is 10.4 Å². The molecule has 1 aromatic carbocycles. The van der Waals surface area contributed by atoms with Crippen molar-refractivity contribution in [1.29, 1.82) is 0 Å². The Morgan fingerprint density at radius 2 is 2.00 bits per heavy atom. The predicted molar refractivity (Wildman–Crippen MR) is 90.0 cm³/mol. The summed E-state index contributed by atoms with van der Waals surface area (Å²) >= 11 is 1.54. The summed E-state index contributed by atoms with van der Waals surface area (Å²) in [5.41, 5.74) is 7.57. The molecule has 1 aromatic heterocycles. The second kappa shape index (κ2) is 5.41. The zero-order chi connectivity index (χ0) is 15.1. The molecule has 2 aliphatic rings. The number of nitrogens with zero attached hydrogens (tertiary/aromatic N) is 1. The average molecular weight is 313 g/mol. The van der Waals surface area contributed by atoms with E-state index in [9.17, 15) is 4.79 Å². The fourth-order valence-electron chi connectivity index (χ4n) is 3.45. The van der Waals surface area contributed by atoms with E-state index < -0.39 is 0 Å². The normalized spacial score (nSPS) is 26.3. The Morgan fingerprint density at radius 3 is 2.68 bits per heavy atom. The topological polar surface area (TPSA) is 58.4 Å². The first kappa shape index (κ1) is 13.8. The van der Waals surface area contributed by atoms with Gasteiger partial charge >= 0.3 is 0 Å². The molecule has 3 N–H and O–H groups in total. The fourth-order valence-corrected chi connectivity index (χ4v) is 4.36. The van der Waals surface area contributed by atoms with Gasteiger partial charge in [-0.3, -0.25) is 4.79 Å². The number of hydrogen-bond donors (Lipinski definition) is 2. The summed E-state index contributed by atoms with van der Waals surface area (Å²) < 4.78 is 0. The standard InChI is InChI=1S/C17H19N3OS/c18-13-3-1-11(2-4-13)15-5-6-16(22-15)17(21)19-14-10-20-8-7-12(14)9-20/h1-6,12,14H,7-10,18H2,(H,19,21)/t12-,14?/m0/s1. The van der Waals surface area contributed by atoms with Crippen LogP contribution in [0.2, 0.25) is 0 Å². The van der Waals surface area contributed by atoms with Gasteiger partial charge in [-0.15, -0.1) is 11.3 Å². The monoisotopic (exact) mass is 313 g/mol. The molecule has 4 rings (SSSR count). The van der Waals surface area contributed by atoms with Gasteiger partial charge in [0, 0.05) is 29.7 Å². The van der Waals surface area contributed by atoms with Crippen molar-refractivity contribution in [2.45, 2.75) is 12.5 Å². The molecule has 3 atom stereocenters. The molecule has 22 heavy (non-hydrogen) atoms. The molecule has 0 aliphatic carbocycles. The van der Waals surface area contributed by atoms with E-state index in [1.54, 1.807) is 0 Å². The lowest BCUT2D eigenvalue weighted by atomic mass is 10.00. The lowest BCUT2D eigenvalue weighted by Crippen LogP contribution is -2.42. The van der Waals surface area contributed by atoms with E-state index in [0.717, 1.165) is 34.1 Å². The van der Waals surface area contributed by atoms with Crippen LogP contribution >= 0.6 is 11.3 Å². The van der Waals surface area contributed by atoms with E-state index in [-0.39, 0.29) is 5.91 Å². The first-order valence-corrected chi connectivity index (χ1v) is 8.50. The highest BCUT2D eigenvalue weighted by Gasteiger charge is 2.38. The second-order valence-electron chi connectivity index (χ2n) is 6.17. The molecule has 114 valence electrons. The number of nitrogens with two attached hydrogens (primary N) is 1. The first-order valence-electron chi connectivity index (χ1n) is 7.68. The third-order valence-electron chi connectivity index (χ3n) is 4.67. The minimum atomic E-state index is 0.0606. The summed E-state index contributed by atoms with van der Waals surface area (Å²) in [5, 5.41) is 3.21. The van der Waals surface area contributed by atoms with Gasteiger partial charge in [0.1, 0.15) is 0 Å². The van der Waals surface area contributed by atoms with Gasteiger partial charge in [-0.25, -0.2) is 0 Å². The van der Waals surface area contributed by atoms with Gasteiger partial charge in [-0.05, 0) is 48.7 Å². The van der Waals surface area contributed by atoms with Gasteiger partial charge in [-0.2, -0.15) is 0 Å². The van der Waals surface area contributed by atoms with E-state index in [2.05, 4.69) is 10.2 Å². The average Bonchev–Trinajstić information content (AvgIpc) is 3.24. The Labute approximate surface area is 133 Å². The minimum absolute atomic E-state index is 0.0606. The molecule has 3 heterocycles. The molecular formula is C17H19N3OS. The summed E-state index contributed by atoms with van der Waals surface area (Å²) in [4.78, 5) is 16.8. The van der Waals surface area contributed by atoms with Crippen LogP contribution in [0.1, 0.15) is 16.1 Å². The minimum Gasteiger partial charge on any atom is -0.399 e. The number of thiophene rings is 1. The Morgan fingerprint density at radius 1 is 1.18 bits per heavy atom. The highest BCUT2D eigenvalue weighted by molar-refractivity contribution is 7.17. The number of anilines is 1. The van der Waals surface area contributed by atoms with Crippen LogP contribution in [0.25, 0.3) is 10.4 Å². The molecule has 2 saturated heterocycles. The van der Waals surface area contributed by atoms with Crippen molar-refractivity contribution < 1.29 is 4.79 Å². The SMILES string of the molecule is Nc1ccc(-c2ccc(C(=O)NC3CN4CC[C@H]3C4)s2)cc1. The van der Waals surface area contributed by atoms with Gasteiger partial charge in [0.25, 0.3) is 5.91 Å². The quantitative estimate of drug-likeness (QED) is 0.856. The van der Waals surface area contributed by atoms with Gasteiger partial charge in [0.2, 0.25) is 0 Å². The molecular weight excluding hydrogens is 294 g/mol. The van der Waals surface area contributed by atoms with Crippen molar-refractivity contribution in [1.82, 2.24) is 10.2 Å². The number of benzene rings is 1. The van der Waals surface area contributed by atoms with Crippen molar-refractivity contribution in [3.05, 3.63) is 41.3 Å². The zero-order valence-corrected chi connectivity index (χ0v) is 13.1. The van der Waals surface area contributed by atoms with Gasteiger partial charge in [-0.1, -0.05) is 12.1 Å². The van der Waals surface area contributed by atoms with E-state index in [1.807, 2.05) is 36.4 Å². The van der Waals surface area contributed by atoms with Gasteiger partial charge in [0.05, 0.1) is 4.88 Å². The molecule has 0 radical (unpaired) electrons. The first-order chi connectivity index (χ1) is 10.7. The molecule has 5 heteroatoms. The fraction of sp³-hybridized carbons (Fsp3) is 0.353. The maximum absolute atomic E-state index is 12.4. The second-order valence-corrected chi connectivity index (χ2v) is 7.26. The Hall–Kier alpha value is -1.85. The molecule has 1 amide bonds. The molecule has 2 aliphatic heterocycles. The molecule has 2 unspecified atom stereocenters. The van der Waals surface area contributed by atoms with Crippen LogP contribution in [0.5, 0.6) is 0 Å². The van der Waals surface area contributed by atoms with E-state index in [0.29, 0.717) is 12.0 Å². The number of hydrogen-bond acceptors (Lipinski definition) is 4. The third kappa shape index (κ3) is 2.51. The van der Waals surface area contributed by atoms with Crippen LogP contribution in [-0.2, 0) is 0 Å². The number of nitrogen functional groups attached to an aromatic ring is 1. The number of piperidine rings is 1. The van der Waals surface area contributed by atoms with Crippen LogP contribution < -0.4 is 11.1 Å². The van der Waals surface area contributed by atoms with Crippen molar-refractivity contribution in [2.24, 2.45) is 5.92 Å². The highest BCUT2D eigenvalue weighted by Crippen LogP contribution is 2.30. The van der Waals surface area contributed by atoms with Gasteiger partial charge in [0.15, 0.2) is 0 Å². The number of nitrogens with one attached hydrogen (secondary N) is 1. The maximum Gasteiger partial charge on any atom is 0.261 e. The molecule has 0 saturated carbocycles. The molecule has 2 aromatic rings. The molecule has 4 nitrogen and oxygen atoms in total. The Kier molecular flexibility index (Phi) is 3.39. The maximum atomic E-state index is 12.4. The summed E-state index contributed by atoms with van der Waals surface area (Å²) in [6, 6.07) is 12.0. The molecule has 2 fully saturated rings. The number of amides is 1. The molecule has 2 bridgehead atoms. The van der Waals surface area contributed by atoms with Crippen LogP contribution in [0.15, 0.2) is 36.4 Å². The molecule has 0 spiro atoms. The zero-order valence-electron chi connectivity index (χ0n) is 12.3. The van der Waals surface area contributed by atoms with Crippen LogP contribution in [0, 0.1) is 5.92 Å². The Balaban J connectivity index is 1.46. The smallest absolute Gasteiger partial charge is 0.261 e. The summed E-state index contributed by atoms with van der Waals surface area (Å²) in [6.07, 6.45) is 1.21. The van der Waals surface area contributed by atoms with Crippen molar-refractivity contribution >= 4 is 22.9 Å². The summed E-state index contributed by atoms with van der Waals surface area (Å²) in [7, 11) is 0. The number of carbonyl (C=O) groups excluding carboxylic acids is 1. The van der Waals surface area contributed by atoms with Crippen molar-refractivity contribution in [3.63, 3.8) is 0 Å². The number of carbonyl (C=O) groups is 1. The number of fused-ring (bicyclic) bond motifs is 2. The van der Waals surface area contributed by atoms with Crippen LogP contribution in [0.4, 0.5) is 5.69 Å². The predicted octanol–water partition coefficient (Wildman–Crippen LogP) is 2.43. The van der Waals surface area contributed by atoms with Crippen molar-refractivity contribution in [2.75, 3.05) is 25.4 Å².